The van der Waals surface area contributed by atoms with Gasteiger partial charge in [-0.3, -0.25) is 4.79 Å². The Bertz CT molecular complexity index is 626. The van der Waals surface area contributed by atoms with Crippen LogP contribution in [0, 0.1) is 0 Å². The number of nitrogens with zero attached hydrogens (tertiary/aromatic N) is 1. The molecule has 96 valence electrons. The lowest BCUT2D eigenvalue weighted by Gasteiger charge is -2.03. The molecule has 19 heavy (non-hydrogen) atoms. The minimum Gasteiger partial charge on any atom is -0.398 e. The first-order valence-electron chi connectivity index (χ1n) is 5.61. The second kappa shape index (κ2) is 6.02. The molecule has 0 fully saturated rings. The van der Waals surface area contributed by atoms with Crippen LogP contribution in [0.2, 0.25) is 5.02 Å². The second-order valence-corrected chi connectivity index (χ2v) is 4.22. The molecule has 2 aromatic carbocycles. The number of hydrazone groups is 1. The van der Waals surface area contributed by atoms with Crippen molar-refractivity contribution >= 4 is 29.4 Å². The van der Waals surface area contributed by atoms with Crippen LogP contribution in [0.3, 0.4) is 0 Å². The van der Waals surface area contributed by atoms with Crippen molar-refractivity contribution in [2.75, 3.05) is 5.73 Å². The van der Waals surface area contributed by atoms with Gasteiger partial charge in [0.25, 0.3) is 5.91 Å². The largest absolute Gasteiger partial charge is 0.398 e. The van der Waals surface area contributed by atoms with Crippen LogP contribution >= 0.6 is 11.6 Å². The molecular weight excluding hydrogens is 262 g/mol. The van der Waals surface area contributed by atoms with Crippen molar-refractivity contribution in [2.24, 2.45) is 5.10 Å². The summed E-state index contributed by atoms with van der Waals surface area (Å²) >= 11 is 5.96. The molecule has 0 unspecified atom stereocenters. The van der Waals surface area contributed by atoms with E-state index in [2.05, 4.69) is 10.5 Å². The topological polar surface area (TPSA) is 67.5 Å². The molecule has 2 aromatic rings. The lowest BCUT2D eigenvalue weighted by atomic mass is 10.2. The van der Waals surface area contributed by atoms with Crippen molar-refractivity contribution in [1.29, 1.82) is 0 Å². The van der Waals surface area contributed by atoms with Gasteiger partial charge < -0.3 is 5.73 Å². The van der Waals surface area contributed by atoms with Crippen LogP contribution in [0.15, 0.2) is 53.6 Å². The maximum absolute atomic E-state index is 11.8. The summed E-state index contributed by atoms with van der Waals surface area (Å²) in [4.78, 5) is 11.8. The van der Waals surface area contributed by atoms with E-state index in [4.69, 9.17) is 17.3 Å². The fourth-order valence-corrected chi connectivity index (χ4v) is 1.69. The zero-order chi connectivity index (χ0) is 13.7. The van der Waals surface area contributed by atoms with Crippen molar-refractivity contribution < 1.29 is 4.79 Å². The van der Waals surface area contributed by atoms with Crippen molar-refractivity contribution in [3.63, 3.8) is 0 Å². The SMILES string of the molecule is Nc1ccccc1C(=O)N/N=C/c1ccccc1Cl. The summed E-state index contributed by atoms with van der Waals surface area (Å²) in [6.45, 7) is 0. The van der Waals surface area contributed by atoms with Crippen LogP contribution in [0.1, 0.15) is 15.9 Å². The molecule has 0 aromatic heterocycles. The molecule has 0 spiro atoms. The highest BCUT2D eigenvalue weighted by molar-refractivity contribution is 6.33. The maximum atomic E-state index is 11.8. The zero-order valence-electron chi connectivity index (χ0n) is 10.0. The third-order valence-corrected chi connectivity index (χ3v) is 2.82. The second-order valence-electron chi connectivity index (χ2n) is 3.81. The van der Waals surface area contributed by atoms with E-state index in [1.165, 1.54) is 6.21 Å². The van der Waals surface area contributed by atoms with E-state index < -0.39 is 0 Å². The number of amides is 1. The van der Waals surface area contributed by atoms with Crippen molar-refractivity contribution in [3.8, 4) is 0 Å². The van der Waals surface area contributed by atoms with Gasteiger partial charge in [-0.05, 0) is 18.2 Å². The van der Waals surface area contributed by atoms with E-state index in [9.17, 15) is 4.79 Å². The van der Waals surface area contributed by atoms with E-state index >= 15 is 0 Å². The Labute approximate surface area is 115 Å². The molecule has 0 saturated carbocycles. The minimum atomic E-state index is -0.360. The van der Waals surface area contributed by atoms with Crippen LogP contribution in [0.25, 0.3) is 0 Å². The molecule has 0 saturated heterocycles. The third kappa shape index (κ3) is 3.33. The Balaban J connectivity index is 2.06. The fraction of sp³-hybridized carbons (Fsp3) is 0. The highest BCUT2D eigenvalue weighted by atomic mass is 35.5. The summed E-state index contributed by atoms with van der Waals surface area (Å²) in [5, 5.41) is 4.42. The molecule has 3 N–H and O–H groups in total. The molecule has 2 rings (SSSR count). The standard InChI is InChI=1S/C14H12ClN3O/c15-12-7-3-1-5-10(12)9-17-18-14(19)11-6-2-4-8-13(11)16/h1-9H,16H2,(H,18,19)/b17-9+. The average molecular weight is 274 g/mol. The highest BCUT2D eigenvalue weighted by Crippen LogP contribution is 2.12. The summed E-state index contributed by atoms with van der Waals surface area (Å²) in [5.41, 5.74) is 9.63. The first-order chi connectivity index (χ1) is 9.18. The van der Waals surface area contributed by atoms with Gasteiger partial charge in [0.2, 0.25) is 0 Å². The lowest BCUT2D eigenvalue weighted by molar-refractivity contribution is 0.0956. The van der Waals surface area contributed by atoms with Crippen molar-refractivity contribution in [3.05, 3.63) is 64.7 Å². The minimum absolute atomic E-state index is 0.360. The van der Waals surface area contributed by atoms with Gasteiger partial charge in [0.1, 0.15) is 0 Å². The van der Waals surface area contributed by atoms with Gasteiger partial charge in [-0.2, -0.15) is 5.10 Å². The van der Waals surface area contributed by atoms with Gasteiger partial charge >= 0.3 is 0 Å². The number of rotatable bonds is 3. The Morgan fingerprint density at radius 1 is 1.16 bits per heavy atom. The fourth-order valence-electron chi connectivity index (χ4n) is 1.50. The Hall–Kier alpha value is -2.33. The Morgan fingerprint density at radius 2 is 1.84 bits per heavy atom. The molecule has 0 bridgehead atoms. The van der Waals surface area contributed by atoms with Crippen LogP contribution in [-0.2, 0) is 0 Å². The van der Waals surface area contributed by atoms with Crippen molar-refractivity contribution in [1.82, 2.24) is 5.43 Å². The number of hydrogen-bond donors (Lipinski definition) is 2. The number of carbonyl (C=O) groups is 1. The molecule has 0 atom stereocenters. The van der Waals surface area contributed by atoms with Gasteiger partial charge in [-0.1, -0.05) is 41.9 Å². The van der Waals surface area contributed by atoms with Gasteiger partial charge in [0.15, 0.2) is 0 Å². The number of nitrogens with two attached hydrogens (primary N) is 1. The number of carbonyl (C=O) groups excluding carboxylic acids is 1. The molecule has 0 heterocycles. The maximum Gasteiger partial charge on any atom is 0.273 e. The molecule has 0 radical (unpaired) electrons. The van der Waals surface area contributed by atoms with Crippen LogP contribution < -0.4 is 11.2 Å². The zero-order valence-corrected chi connectivity index (χ0v) is 10.8. The van der Waals surface area contributed by atoms with Crippen LogP contribution in [0.5, 0.6) is 0 Å². The molecular formula is C14H12ClN3O. The predicted molar refractivity (Wildman–Crippen MR) is 77.4 cm³/mol. The number of anilines is 1. The summed E-state index contributed by atoms with van der Waals surface area (Å²) in [6.07, 6.45) is 1.49. The molecule has 4 nitrogen and oxygen atoms in total. The van der Waals surface area contributed by atoms with E-state index in [0.717, 1.165) is 5.56 Å². The van der Waals surface area contributed by atoms with E-state index in [1.54, 1.807) is 36.4 Å². The van der Waals surface area contributed by atoms with Crippen molar-refractivity contribution in [2.45, 2.75) is 0 Å². The monoisotopic (exact) mass is 273 g/mol. The number of hydrogen-bond acceptors (Lipinski definition) is 3. The number of nitrogens with one attached hydrogen (secondary N) is 1. The van der Waals surface area contributed by atoms with E-state index in [-0.39, 0.29) is 5.91 Å². The number of halogens is 1. The van der Waals surface area contributed by atoms with Crippen LogP contribution in [-0.4, -0.2) is 12.1 Å². The summed E-state index contributed by atoms with van der Waals surface area (Å²) in [7, 11) is 0. The van der Waals surface area contributed by atoms with Gasteiger partial charge in [-0.25, -0.2) is 5.43 Å². The van der Waals surface area contributed by atoms with Crippen LogP contribution in [0.4, 0.5) is 5.69 Å². The average Bonchev–Trinajstić information content (AvgIpc) is 2.41. The van der Waals surface area contributed by atoms with Gasteiger partial charge in [0, 0.05) is 16.3 Å². The summed E-state index contributed by atoms with van der Waals surface area (Å²) in [5.74, 6) is -0.360. The molecule has 5 heteroatoms. The first-order valence-corrected chi connectivity index (χ1v) is 5.98. The van der Waals surface area contributed by atoms with Gasteiger partial charge in [-0.15, -0.1) is 0 Å². The van der Waals surface area contributed by atoms with E-state index in [0.29, 0.717) is 16.3 Å². The third-order valence-electron chi connectivity index (χ3n) is 2.48. The normalized spacial score (nSPS) is 10.6. The summed E-state index contributed by atoms with van der Waals surface area (Å²) in [6, 6.07) is 14.0. The number of para-hydroxylation sites is 1. The highest BCUT2D eigenvalue weighted by Gasteiger charge is 2.06. The molecule has 0 aliphatic rings. The number of nitrogen functional groups attached to an aromatic ring is 1. The summed E-state index contributed by atoms with van der Waals surface area (Å²) < 4.78 is 0. The Kier molecular flexibility index (Phi) is 4.15. The molecule has 1 amide bonds. The number of benzene rings is 2. The first kappa shape index (κ1) is 13.1. The van der Waals surface area contributed by atoms with Gasteiger partial charge in [0.05, 0.1) is 11.8 Å². The van der Waals surface area contributed by atoms with E-state index in [1.807, 2.05) is 12.1 Å². The smallest absolute Gasteiger partial charge is 0.273 e. The Morgan fingerprint density at radius 3 is 2.58 bits per heavy atom. The molecule has 0 aliphatic heterocycles. The lowest BCUT2D eigenvalue weighted by Crippen LogP contribution is -2.19. The predicted octanol–water partition coefficient (Wildman–Crippen LogP) is 2.69. The molecule has 0 aliphatic carbocycles. The quantitative estimate of drug-likeness (QED) is 0.513.